The number of benzene rings is 2. The van der Waals surface area contributed by atoms with Gasteiger partial charge in [-0.3, -0.25) is 4.79 Å². The zero-order valence-corrected chi connectivity index (χ0v) is 16.3. The second-order valence-corrected chi connectivity index (χ2v) is 7.61. The fraction of sp³-hybridized carbons (Fsp3) is 0.304. The Hall–Kier alpha value is -3.02. The Morgan fingerprint density at radius 2 is 1.97 bits per heavy atom. The molecule has 150 valence electrons. The Labute approximate surface area is 168 Å². The van der Waals surface area contributed by atoms with Crippen LogP contribution < -0.4 is 5.32 Å². The summed E-state index contributed by atoms with van der Waals surface area (Å²) < 4.78 is 30.0. The van der Waals surface area contributed by atoms with Crippen molar-refractivity contribution in [3.8, 4) is 5.69 Å². The van der Waals surface area contributed by atoms with Crippen LogP contribution in [-0.4, -0.2) is 15.5 Å². The lowest BCUT2D eigenvalue weighted by Crippen LogP contribution is -2.42. The quantitative estimate of drug-likeness (QED) is 0.687. The van der Waals surface area contributed by atoms with E-state index >= 15 is 0 Å². The van der Waals surface area contributed by atoms with Gasteiger partial charge in [0.1, 0.15) is 17.5 Å². The van der Waals surface area contributed by atoms with Crippen molar-refractivity contribution in [2.45, 2.75) is 44.6 Å². The molecule has 4 rings (SSSR count). The van der Waals surface area contributed by atoms with Gasteiger partial charge in [-0.1, -0.05) is 31.0 Å². The minimum Gasteiger partial charge on any atom is -0.351 e. The van der Waals surface area contributed by atoms with E-state index in [1.807, 2.05) is 6.07 Å². The van der Waals surface area contributed by atoms with Crippen LogP contribution in [0.5, 0.6) is 0 Å². The third-order valence-corrected chi connectivity index (χ3v) is 5.82. The number of rotatable bonds is 5. The highest BCUT2D eigenvalue weighted by Gasteiger charge is 2.42. The van der Waals surface area contributed by atoms with Gasteiger partial charge in [-0.2, -0.15) is 0 Å². The highest BCUT2D eigenvalue weighted by molar-refractivity contribution is 5.88. The maximum Gasteiger partial charge on any atom is 0.230 e. The molecule has 0 atom stereocenters. The fourth-order valence-electron chi connectivity index (χ4n) is 4.25. The summed E-state index contributed by atoms with van der Waals surface area (Å²) in [6.07, 6.45) is 6.56. The maximum atomic E-state index is 14.6. The second kappa shape index (κ2) is 7.78. The van der Waals surface area contributed by atoms with E-state index in [9.17, 15) is 13.6 Å². The van der Waals surface area contributed by atoms with Crippen molar-refractivity contribution < 1.29 is 13.6 Å². The number of hydrogen-bond acceptors (Lipinski definition) is 2. The second-order valence-electron chi connectivity index (χ2n) is 7.61. The standard InChI is InChI=1S/C23H23F2N3O/c1-16-26-11-12-28(16)21-8-7-17(13-20(21)25)15-27-22(29)23(9-2-3-10-23)18-5-4-6-19(24)14-18/h4-8,11-14H,2-3,9-10,15H2,1H3,(H,27,29). The van der Waals surface area contributed by atoms with Gasteiger partial charge in [-0.15, -0.1) is 0 Å². The number of nitrogens with one attached hydrogen (secondary N) is 1. The molecule has 1 aromatic heterocycles. The van der Waals surface area contributed by atoms with Gasteiger partial charge in [-0.25, -0.2) is 13.8 Å². The van der Waals surface area contributed by atoms with Crippen molar-refractivity contribution in [1.29, 1.82) is 0 Å². The molecule has 1 fully saturated rings. The lowest BCUT2D eigenvalue weighted by Gasteiger charge is -2.28. The summed E-state index contributed by atoms with van der Waals surface area (Å²) in [6, 6.07) is 11.2. The molecule has 0 spiro atoms. The normalized spacial score (nSPS) is 15.4. The highest BCUT2D eigenvalue weighted by atomic mass is 19.1. The maximum absolute atomic E-state index is 14.6. The average molecular weight is 395 g/mol. The molecule has 1 amide bonds. The van der Waals surface area contributed by atoms with Crippen LogP contribution in [0.2, 0.25) is 0 Å². The van der Waals surface area contributed by atoms with Crippen molar-refractivity contribution in [2.24, 2.45) is 0 Å². The number of imidazole rings is 1. The summed E-state index contributed by atoms with van der Waals surface area (Å²) in [5, 5.41) is 2.95. The van der Waals surface area contributed by atoms with E-state index in [1.54, 1.807) is 42.1 Å². The number of aromatic nitrogens is 2. The third kappa shape index (κ3) is 3.67. The topological polar surface area (TPSA) is 46.9 Å². The molecular formula is C23H23F2N3O. The van der Waals surface area contributed by atoms with Crippen LogP contribution in [0, 0.1) is 18.6 Å². The monoisotopic (exact) mass is 395 g/mol. The number of aryl methyl sites for hydroxylation is 1. The predicted molar refractivity (Wildman–Crippen MR) is 107 cm³/mol. The zero-order valence-electron chi connectivity index (χ0n) is 16.3. The van der Waals surface area contributed by atoms with Gasteiger partial charge in [0.2, 0.25) is 5.91 Å². The van der Waals surface area contributed by atoms with E-state index < -0.39 is 5.41 Å². The predicted octanol–water partition coefficient (Wildman–Crippen LogP) is 4.59. The van der Waals surface area contributed by atoms with Crippen LogP contribution in [0.15, 0.2) is 54.9 Å². The Bertz CT molecular complexity index is 1040. The minimum atomic E-state index is -0.714. The number of nitrogens with zero attached hydrogens (tertiary/aromatic N) is 2. The lowest BCUT2D eigenvalue weighted by molar-refractivity contribution is -0.126. The van der Waals surface area contributed by atoms with Crippen LogP contribution in [0.1, 0.15) is 42.6 Å². The molecular weight excluding hydrogens is 372 g/mol. The van der Waals surface area contributed by atoms with E-state index in [2.05, 4.69) is 10.3 Å². The summed E-state index contributed by atoms with van der Waals surface area (Å²) >= 11 is 0. The van der Waals surface area contributed by atoms with Gasteiger partial charge < -0.3 is 9.88 Å². The molecule has 1 saturated carbocycles. The first kappa shape index (κ1) is 19.3. The molecule has 6 heteroatoms. The third-order valence-electron chi connectivity index (χ3n) is 5.82. The van der Waals surface area contributed by atoms with Gasteiger partial charge in [0.25, 0.3) is 0 Å². The molecule has 1 aliphatic carbocycles. The summed E-state index contributed by atoms with van der Waals surface area (Å²) in [7, 11) is 0. The van der Waals surface area contributed by atoms with E-state index in [0.717, 1.165) is 12.8 Å². The smallest absolute Gasteiger partial charge is 0.230 e. The van der Waals surface area contributed by atoms with Gasteiger partial charge in [-0.05, 0) is 55.2 Å². The van der Waals surface area contributed by atoms with Crippen molar-refractivity contribution >= 4 is 5.91 Å². The first-order valence-corrected chi connectivity index (χ1v) is 9.83. The molecule has 0 aliphatic heterocycles. The Morgan fingerprint density at radius 1 is 1.17 bits per heavy atom. The lowest BCUT2D eigenvalue weighted by atomic mass is 9.78. The highest BCUT2D eigenvalue weighted by Crippen LogP contribution is 2.41. The van der Waals surface area contributed by atoms with Crippen LogP contribution >= 0.6 is 0 Å². The molecule has 4 nitrogen and oxygen atoms in total. The van der Waals surface area contributed by atoms with Gasteiger partial charge in [0, 0.05) is 18.9 Å². The summed E-state index contributed by atoms with van der Waals surface area (Å²) in [5.74, 6) is -0.147. The molecule has 1 aliphatic rings. The molecule has 2 aromatic carbocycles. The van der Waals surface area contributed by atoms with E-state index in [4.69, 9.17) is 0 Å². The van der Waals surface area contributed by atoms with Gasteiger partial charge in [0.05, 0.1) is 11.1 Å². The van der Waals surface area contributed by atoms with Crippen molar-refractivity contribution in [3.05, 3.63) is 83.4 Å². The molecule has 1 N–H and O–H groups in total. The van der Waals surface area contributed by atoms with Crippen molar-refractivity contribution in [3.63, 3.8) is 0 Å². The zero-order chi connectivity index (χ0) is 20.4. The molecule has 0 radical (unpaired) electrons. The van der Waals surface area contributed by atoms with Gasteiger partial charge >= 0.3 is 0 Å². The average Bonchev–Trinajstić information content (AvgIpc) is 3.36. The molecule has 1 heterocycles. The number of carbonyl (C=O) groups excluding carboxylic acids is 1. The summed E-state index contributed by atoms with van der Waals surface area (Å²) in [5.41, 5.74) is 1.09. The molecule has 3 aromatic rings. The number of hydrogen-bond donors (Lipinski definition) is 1. The molecule has 0 bridgehead atoms. The molecule has 29 heavy (non-hydrogen) atoms. The minimum absolute atomic E-state index is 0.129. The van der Waals surface area contributed by atoms with Crippen molar-refractivity contribution in [2.75, 3.05) is 0 Å². The number of halogens is 2. The number of amides is 1. The first-order chi connectivity index (χ1) is 14.0. The summed E-state index contributed by atoms with van der Waals surface area (Å²) in [6.45, 7) is 2.02. The number of carbonyl (C=O) groups is 1. The largest absolute Gasteiger partial charge is 0.351 e. The van der Waals surface area contributed by atoms with E-state index in [-0.39, 0.29) is 24.1 Å². The summed E-state index contributed by atoms with van der Waals surface area (Å²) in [4.78, 5) is 17.2. The van der Waals surface area contributed by atoms with Gasteiger partial charge in [0.15, 0.2) is 0 Å². The Balaban J connectivity index is 1.51. The first-order valence-electron chi connectivity index (χ1n) is 9.83. The fourth-order valence-corrected chi connectivity index (χ4v) is 4.25. The van der Waals surface area contributed by atoms with Crippen molar-refractivity contribution in [1.82, 2.24) is 14.9 Å². The van der Waals surface area contributed by atoms with Crippen LogP contribution in [0.4, 0.5) is 8.78 Å². The molecule has 0 saturated heterocycles. The SMILES string of the molecule is Cc1nccn1-c1ccc(CNC(=O)C2(c3cccc(F)c3)CCCC2)cc1F. The Morgan fingerprint density at radius 3 is 2.62 bits per heavy atom. The van der Waals surface area contributed by atoms with E-state index in [1.165, 1.54) is 18.2 Å². The Kier molecular flexibility index (Phi) is 5.18. The van der Waals surface area contributed by atoms with Crippen LogP contribution in [0.25, 0.3) is 5.69 Å². The van der Waals surface area contributed by atoms with E-state index in [0.29, 0.717) is 35.5 Å². The molecule has 0 unspecified atom stereocenters. The van der Waals surface area contributed by atoms with Crippen LogP contribution in [-0.2, 0) is 16.8 Å². The van der Waals surface area contributed by atoms with Crippen LogP contribution in [0.3, 0.4) is 0 Å².